The fraction of sp³-hybridized carbons (Fsp3) is 0.256. The molecule has 1 aliphatic heterocycles. The third kappa shape index (κ3) is 11.5. The van der Waals surface area contributed by atoms with E-state index in [9.17, 15) is 4.79 Å². The van der Waals surface area contributed by atoms with E-state index in [1.165, 1.54) is 11.1 Å². The Labute approximate surface area is 328 Å². The molecule has 278 valence electrons. The molecule has 0 unspecified atom stereocenters. The fourth-order valence-electron chi connectivity index (χ4n) is 5.92. The molecule has 0 aliphatic carbocycles. The minimum Gasteiger partial charge on any atom is -0.492 e. The van der Waals surface area contributed by atoms with Crippen molar-refractivity contribution >= 4 is 36.0 Å². The average molecular weight is 765 g/mol. The molecule has 0 radical (unpaired) electrons. The zero-order valence-corrected chi connectivity index (χ0v) is 32.0. The topological polar surface area (TPSA) is 101 Å². The van der Waals surface area contributed by atoms with Crippen LogP contribution in [-0.2, 0) is 24.4 Å². The van der Waals surface area contributed by atoms with Crippen LogP contribution in [0.4, 0.5) is 0 Å². The highest BCUT2D eigenvalue weighted by atomic mass is 35.5. The third-order valence-corrected chi connectivity index (χ3v) is 9.23. The van der Waals surface area contributed by atoms with Crippen LogP contribution < -0.4 is 14.2 Å². The van der Waals surface area contributed by atoms with Crippen LogP contribution in [0.3, 0.4) is 0 Å². The summed E-state index contributed by atoms with van der Waals surface area (Å²) in [5.41, 5.74) is 6.74. The maximum atomic E-state index is 13.1. The highest BCUT2D eigenvalue weighted by molar-refractivity contribution is 6.32. The molecule has 1 saturated heterocycles. The van der Waals surface area contributed by atoms with Gasteiger partial charge in [0, 0.05) is 50.6 Å². The molecule has 1 amide bonds. The Morgan fingerprint density at radius 1 is 0.852 bits per heavy atom. The summed E-state index contributed by atoms with van der Waals surface area (Å²) in [5, 5.41) is 9.38. The quantitative estimate of drug-likeness (QED) is 0.0818. The lowest BCUT2D eigenvalue weighted by Gasteiger charge is -2.34. The average Bonchev–Trinajstić information content (AvgIpc) is 3.18. The van der Waals surface area contributed by atoms with E-state index in [0.717, 1.165) is 60.6 Å². The van der Waals surface area contributed by atoms with Crippen LogP contribution in [0.1, 0.15) is 45.5 Å². The van der Waals surface area contributed by atoms with Gasteiger partial charge in [-0.05, 0) is 103 Å². The first kappa shape index (κ1) is 39.8. The van der Waals surface area contributed by atoms with Crippen LogP contribution >= 0.6 is 24.0 Å². The number of aryl methyl sites for hydroxylation is 3. The first-order chi connectivity index (χ1) is 25.8. The molecule has 1 fully saturated rings. The second kappa shape index (κ2) is 19.6. The Kier molecular flexibility index (Phi) is 14.5. The van der Waals surface area contributed by atoms with E-state index in [-0.39, 0.29) is 18.3 Å². The molecule has 54 heavy (non-hydrogen) atoms. The molecule has 0 atom stereocenters. The van der Waals surface area contributed by atoms with Gasteiger partial charge in [0.2, 0.25) is 11.8 Å². The van der Waals surface area contributed by atoms with Gasteiger partial charge in [0.1, 0.15) is 18.1 Å². The zero-order chi connectivity index (χ0) is 37.0. The lowest BCUT2D eigenvalue weighted by atomic mass is 10.1. The lowest BCUT2D eigenvalue weighted by Crippen LogP contribution is -2.47. The minimum absolute atomic E-state index is 0. The molecule has 3 heterocycles. The molecule has 0 bridgehead atoms. The number of hydrogen-bond donors (Lipinski definition) is 0. The highest BCUT2D eigenvalue weighted by Crippen LogP contribution is 2.34. The summed E-state index contributed by atoms with van der Waals surface area (Å²) in [6, 6.07) is 29.3. The zero-order valence-electron chi connectivity index (χ0n) is 30.4. The van der Waals surface area contributed by atoms with Gasteiger partial charge < -0.3 is 19.1 Å². The van der Waals surface area contributed by atoms with E-state index in [2.05, 4.69) is 45.2 Å². The Morgan fingerprint density at radius 3 is 2.20 bits per heavy atom. The van der Waals surface area contributed by atoms with E-state index in [1.807, 2.05) is 49.1 Å². The smallest absolute Gasteiger partial charge is 0.246 e. The van der Waals surface area contributed by atoms with Crippen LogP contribution in [0.5, 0.6) is 23.1 Å². The number of halogens is 2. The Morgan fingerprint density at radius 2 is 1.54 bits per heavy atom. The van der Waals surface area contributed by atoms with Gasteiger partial charge in [0.25, 0.3) is 0 Å². The van der Waals surface area contributed by atoms with Crippen molar-refractivity contribution in [3.8, 4) is 29.2 Å². The molecule has 9 nitrogen and oxygen atoms in total. The number of hydrogen-bond acceptors (Lipinski definition) is 8. The number of aromatic nitrogens is 2. The number of piperazine rings is 1. The summed E-state index contributed by atoms with van der Waals surface area (Å²) in [4.78, 5) is 26.0. The number of carbonyl (C=O) groups is 1. The number of nitriles is 1. The van der Waals surface area contributed by atoms with Crippen molar-refractivity contribution in [2.75, 3.05) is 32.8 Å². The van der Waals surface area contributed by atoms with Crippen molar-refractivity contribution in [3.63, 3.8) is 0 Å². The third-order valence-electron chi connectivity index (χ3n) is 8.95. The first-order valence-corrected chi connectivity index (χ1v) is 18.1. The molecule has 0 spiro atoms. The Hall–Kier alpha value is -5.40. The highest BCUT2D eigenvalue weighted by Gasteiger charge is 2.20. The Balaban J connectivity index is 0.00000561. The van der Waals surface area contributed by atoms with E-state index in [1.54, 1.807) is 54.9 Å². The number of ether oxygens (including phenoxy) is 3. The van der Waals surface area contributed by atoms with Gasteiger partial charge in [0.15, 0.2) is 5.75 Å². The van der Waals surface area contributed by atoms with Gasteiger partial charge in [-0.3, -0.25) is 14.7 Å². The van der Waals surface area contributed by atoms with Crippen LogP contribution in [0.15, 0.2) is 103 Å². The first-order valence-electron chi connectivity index (χ1n) is 17.7. The number of nitrogens with zero attached hydrogens (tertiary/aromatic N) is 5. The second-order valence-electron chi connectivity index (χ2n) is 13.0. The molecular formula is C43H43Cl2N5O4. The number of pyridine rings is 2. The molecule has 6 rings (SSSR count). The molecule has 3 aromatic carbocycles. The van der Waals surface area contributed by atoms with E-state index in [4.69, 9.17) is 31.1 Å². The largest absolute Gasteiger partial charge is 0.492 e. The van der Waals surface area contributed by atoms with E-state index in [0.29, 0.717) is 54.3 Å². The molecule has 11 heteroatoms. The lowest BCUT2D eigenvalue weighted by molar-refractivity contribution is -0.127. The summed E-state index contributed by atoms with van der Waals surface area (Å²) in [7, 11) is 0. The summed E-state index contributed by atoms with van der Waals surface area (Å²) in [6.45, 7) is 8.75. The maximum absolute atomic E-state index is 13.1. The Bertz CT molecular complexity index is 2020. The van der Waals surface area contributed by atoms with E-state index < -0.39 is 0 Å². The predicted molar refractivity (Wildman–Crippen MR) is 213 cm³/mol. The van der Waals surface area contributed by atoms with Gasteiger partial charge in [-0.1, -0.05) is 48.0 Å². The van der Waals surface area contributed by atoms with Gasteiger partial charge in [-0.25, -0.2) is 4.98 Å². The van der Waals surface area contributed by atoms with Crippen molar-refractivity contribution in [1.82, 2.24) is 19.8 Å². The van der Waals surface area contributed by atoms with Crippen molar-refractivity contribution in [2.24, 2.45) is 0 Å². The predicted octanol–water partition coefficient (Wildman–Crippen LogP) is 8.78. The van der Waals surface area contributed by atoms with Gasteiger partial charge in [-0.15, -0.1) is 12.4 Å². The van der Waals surface area contributed by atoms with Crippen molar-refractivity contribution in [2.45, 2.75) is 39.8 Å². The summed E-state index contributed by atoms with van der Waals surface area (Å²) >= 11 is 6.62. The van der Waals surface area contributed by atoms with Crippen LogP contribution in [0.25, 0.3) is 6.08 Å². The van der Waals surface area contributed by atoms with Gasteiger partial charge in [-0.2, -0.15) is 5.26 Å². The van der Waals surface area contributed by atoms with Crippen LogP contribution in [0.2, 0.25) is 5.02 Å². The molecule has 2 aromatic heterocycles. The second-order valence-corrected chi connectivity index (χ2v) is 13.4. The van der Waals surface area contributed by atoms with Crippen LogP contribution in [0, 0.1) is 25.2 Å². The summed E-state index contributed by atoms with van der Waals surface area (Å²) in [5.74, 6) is 2.26. The SMILES string of the molecule is Cc1ccc(OCCCc2ccc(CN3CCN(C(=O)C=Cc4cc(C)c(Oc5ccc(OCc6ccc(C#N)cc6)cn5)c(Cl)c4)CC3)cc2)cn1.Cl. The minimum atomic E-state index is -0.0172. The molecule has 1 aliphatic rings. The van der Waals surface area contributed by atoms with Gasteiger partial charge >= 0.3 is 0 Å². The molecule has 0 saturated carbocycles. The van der Waals surface area contributed by atoms with Crippen molar-refractivity contribution in [1.29, 1.82) is 5.26 Å². The standard InChI is InChI=1S/C43H42ClN5O4.ClH/c1-31-24-37(25-40(44)43(31)53-41-17-16-39(28-47-41)52-30-36-12-8-34(26-45)9-13-36)14-18-42(50)49-21-19-48(20-22-49)29-35-10-6-33(7-11-35)4-3-23-51-38-15-5-32(2)46-27-38;/h5-18,24-25,27-28H,3-4,19-23,29-30H2,1-2H3;1H. The fourth-order valence-corrected chi connectivity index (χ4v) is 6.23. The number of benzene rings is 3. The maximum Gasteiger partial charge on any atom is 0.246 e. The number of amides is 1. The summed E-state index contributed by atoms with van der Waals surface area (Å²) in [6.07, 6.45) is 8.67. The monoisotopic (exact) mass is 763 g/mol. The number of carbonyl (C=O) groups excluding carboxylic acids is 1. The van der Waals surface area contributed by atoms with Crippen molar-refractivity contribution < 1.29 is 19.0 Å². The summed E-state index contributed by atoms with van der Waals surface area (Å²) < 4.78 is 17.6. The number of rotatable bonds is 14. The molecule has 5 aromatic rings. The normalized spacial score (nSPS) is 12.9. The van der Waals surface area contributed by atoms with Crippen molar-refractivity contribution in [3.05, 3.63) is 147 Å². The van der Waals surface area contributed by atoms with Crippen LogP contribution in [-0.4, -0.2) is 58.5 Å². The van der Waals surface area contributed by atoms with E-state index >= 15 is 0 Å². The molecular weight excluding hydrogens is 721 g/mol. The van der Waals surface area contributed by atoms with Gasteiger partial charge in [0.05, 0.1) is 35.7 Å². The molecule has 0 N–H and O–H groups in total.